The molecule has 1 amide bonds. The van der Waals surface area contributed by atoms with Crippen LogP contribution >= 0.6 is 35.6 Å². The third-order valence-electron chi connectivity index (χ3n) is 3.70. The summed E-state index contributed by atoms with van der Waals surface area (Å²) in [5.41, 5.74) is 1.85. The minimum Gasteiger partial charge on any atom is -0.488 e. The molecule has 0 atom stereocenters. The Morgan fingerprint density at radius 3 is 2.65 bits per heavy atom. The highest BCUT2D eigenvalue weighted by atomic mass is 35.5. The highest BCUT2D eigenvalue weighted by Gasteiger charge is 2.31. The number of carbonyl (C=O) groups is 1. The monoisotopic (exact) mass is 401 g/mol. The van der Waals surface area contributed by atoms with Crippen molar-refractivity contribution in [3.8, 4) is 5.75 Å². The second kappa shape index (κ2) is 8.54. The van der Waals surface area contributed by atoms with Crippen molar-refractivity contribution < 1.29 is 9.53 Å². The molecule has 3 nitrogen and oxygen atoms in total. The van der Waals surface area contributed by atoms with E-state index < -0.39 is 0 Å². The van der Waals surface area contributed by atoms with Gasteiger partial charge in [0.25, 0.3) is 5.91 Å². The van der Waals surface area contributed by atoms with Gasteiger partial charge in [0.2, 0.25) is 0 Å². The van der Waals surface area contributed by atoms with Crippen LogP contribution in [0.2, 0.25) is 5.02 Å². The first kappa shape index (κ1) is 18.7. The van der Waals surface area contributed by atoms with Crippen molar-refractivity contribution in [1.29, 1.82) is 0 Å². The number of thioether (sulfide) groups is 1. The van der Waals surface area contributed by atoms with Crippen LogP contribution in [0, 0.1) is 0 Å². The maximum atomic E-state index is 12.5. The van der Waals surface area contributed by atoms with E-state index in [1.807, 2.05) is 54.6 Å². The lowest BCUT2D eigenvalue weighted by molar-refractivity contribution is -0.121. The predicted octanol–water partition coefficient (Wildman–Crippen LogP) is 5.31. The third-order valence-corrected chi connectivity index (χ3v) is 5.33. The minimum atomic E-state index is -0.104. The van der Waals surface area contributed by atoms with Crippen LogP contribution in [0.5, 0.6) is 5.75 Å². The average Bonchev–Trinajstić information content (AvgIpc) is 2.90. The van der Waals surface area contributed by atoms with Gasteiger partial charge in [0, 0.05) is 17.1 Å². The smallest absolute Gasteiger partial charge is 0.266 e. The number of halogens is 1. The molecule has 1 fully saturated rings. The second-order valence-corrected chi connectivity index (χ2v) is 7.65. The molecule has 1 heterocycles. The molecule has 0 spiro atoms. The Balaban J connectivity index is 1.79. The topological polar surface area (TPSA) is 29.5 Å². The Morgan fingerprint density at radius 1 is 1.19 bits per heavy atom. The molecule has 1 aliphatic rings. The van der Waals surface area contributed by atoms with Crippen molar-refractivity contribution in [2.24, 2.45) is 0 Å². The second-order valence-electron chi connectivity index (χ2n) is 5.53. The molecule has 0 saturated carbocycles. The normalized spacial score (nSPS) is 15.6. The summed E-state index contributed by atoms with van der Waals surface area (Å²) in [6.07, 6.45) is 3.48. The molecule has 0 bridgehead atoms. The fourth-order valence-corrected chi connectivity index (χ4v) is 3.79. The van der Waals surface area contributed by atoms with Crippen molar-refractivity contribution in [2.75, 3.05) is 6.54 Å². The SMILES string of the molecule is C=CCN1C(=O)C(=Cc2ccccc2OCc2ccc(Cl)cc2)SC1=S. The Bertz CT molecular complexity index is 878. The van der Waals surface area contributed by atoms with Gasteiger partial charge < -0.3 is 4.74 Å². The summed E-state index contributed by atoms with van der Waals surface area (Å²) in [7, 11) is 0. The highest BCUT2D eigenvalue weighted by molar-refractivity contribution is 8.26. The van der Waals surface area contributed by atoms with Gasteiger partial charge in [0.15, 0.2) is 0 Å². The molecule has 3 rings (SSSR count). The zero-order valence-corrected chi connectivity index (χ0v) is 16.2. The van der Waals surface area contributed by atoms with Gasteiger partial charge in [-0.15, -0.1) is 6.58 Å². The first-order valence-electron chi connectivity index (χ1n) is 7.91. The summed E-state index contributed by atoms with van der Waals surface area (Å²) in [4.78, 5) is 14.6. The summed E-state index contributed by atoms with van der Waals surface area (Å²) in [6.45, 7) is 4.49. The van der Waals surface area contributed by atoms with E-state index in [2.05, 4.69) is 6.58 Å². The number of thiocarbonyl (C=S) groups is 1. The molecule has 0 aromatic heterocycles. The van der Waals surface area contributed by atoms with Crippen LogP contribution in [-0.2, 0) is 11.4 Å². The van der Waals surface area contributed by atoms with Gasteiger partial charge in [-0.2, -0.15) is 0 Å². The van der Waals surface area contributed by atoms with Gasteiger partial charge in [-0.25, -0.2) is 0 Å². The van der Waals surface area contributed by atoms with E-state index in [-0.39, 0.29) is 5.91 Å². The number of hydrogen-bond acceptors (Lipinski definition) is 4. The number of rotatable bonds is 6. The van der Waals surface area contributed by atoms with Gasteiger partial charge in [-0.3, -0.25) is 9.69 Å². The summed E-state index contributed by atoms with van der Waals surface area (Å²) >= 11 is 12.5. The van der Waals surface area contributed by atoms with Crippen LogP contribution in [0.25, 0.3) is 6.08 Å². The molecule has 2 aromatic carbocycles. The first-order chi connectivity index (χ1) is 12.6. The molecule has 6 heteroatoms. The summed E-state index contributed by atoms with van der Waals surface area (Å²) in [5, 5.41) is 0.690. The molecular formula is C20H16ClNO2S2. The van der Waals surface area contributed by atoms with Gasteiger partial charge in [-0.1, -0.05) is 72.0 Å². The van der Waals surface area contributed by atoms with Crippen molar-refractivity contribution in [1.82, 2.24) is 4.90 Å². The molecule has 132 valence electrons. The molecule has 0 radical (unpaired) electrons. The van der Waals surface area contributed by atoms with Crippen molar-refractivity contribution in [3.63, 3.8) is 0 Å². The van der Waals surface area contributed by atoms with Crippen LogP contribution in [0.1, 0.15) is 11.1 Å². The van der Waals surface area contributed by atoms with E-state index in [1.54, 1.807) is 6.08 Å². The number of carbonyl (C=O) groups excluding carboxylic acids is 1. The van der Waals surface area contributed by atoms with Crippen LogP contribution in [-0.4, -0.2) is 21.7 Å². The Kier molecular flexibility index (Phi) is 6.14. The molecule has 26 heavy (non-hydrogen) atoms. The lowest BCUT2D eigenvalue weighted by atomic mass is 10.1. The average molecular weight is 402 g/mol. The summed E-state index contributed by atoms with van der Waals surface area (Å²) in [6, 6.07) is 15.1. The van der Waals surface area contributed by atoms with Crippen molar-refractivity contribution in [3.05, 3.63) is 82.2 Å². The minimum absolute atomic E-state index is 0.104. The summed E-state index contributed by atoms with van der Waals surface area (Å²) in [5.74, 6) is 0.601. The van der Waals surface area contributed by atoms with E-state index in [0.717, 1.165) is 11.1 Å². The molecule has 0 unspecified atom stereocenters. The number of hydrogen-bond donors (Lipinski definition) is 0. The van der Waals surface area contributed by atoms with Gasteiger partial charge in [0.1, 0.15) is 16.7 Å². The lowest BCUT2D eigenvalue weighted by Crippen LogP contribution is -2.27. The zero-order chi connectivity index (χ0) is 18.5. The number of para-hydroxylation sites is 1. The van der Waals surface area contributed by atoms with Gasteiger partial charge in [0.05, 0.1) is 4.91 Å². The first-order valence-corrected chi connectivity index (χ1v) is 9.51. The maximum absolute atomic E-state index is 12.5. The zero-order valence-electron chi connectivity index (χ0n) is 13.9. The highest BCUT2D eigenvalue weighted by Crippen LogP contribution is 2.34. The number of benzene rings is 2. The molecule has 0 aliphatic carbocycles. The van der Waals surface area contributed by atoms with Crippen molar-refractivity contribution >= 4 is 51.9 Å². The van der Waals surface area contributed by atoms with Crippen LogP contribution in [0.4, 0.5) is 0 Å². The quantitative estimate of drug-likeness (QED) is 0.373. The maximum Gasteiger partial charge on any atom is 0.266 e. The Hall–Kier alpha value is -2.08. The van der Waals surface area contributed by atoms with Gasteiger partial charge >= 0.3 is 0 Å². The van der Waals surface area contributed by atoms with E-state index in [1.165, 1.54) is 16.7 Å². The molecule has 0 N–H and O–H groups in total. The standard InChI is InChI=1S/C20H16ClNO2S2/c1-2-11-22-19(23)18(26-20(22)25)12-15-5-3-4-6-17(15)24-13-14-7-9-16(21)10-8-14/h2-10,12H,1,11,13H2. The Morgan fingerprint density at radius 2 is 1.92 bits per heavy atom. The number of amides is 1. The molecular weight excluding hydrogens is 386 g/mol. The largest absolute Gasteiger partial charge is 0.488 e. The van der Waals surface area contributed by atoms with Crippen LogP contribution in [0.15, 0.2) is 66.1 Å². The van der Waals surface area contributed by atoms with Crippen LogP contribution < -0.4 is 4.74 Å². The number of ether oxygens (including phenoxy) is 1. The Labute approximate surface area is 167 Å². The molecule has 1 aliphatic heterocycles. The van der Waals surface area contributed by atoms with Gasteiger partial charge in [-0.05, 0) is 29.8 Å². The fraction of sp³-hybridized carbons (Fsp3) is 0.100. The van der Waals surface area contributed by atoms with Crippen molar-refractivity contribution in [2.45, 2.75) is 6.61 Å². The van der Waals surface area contributed by atoms with E-state index in [0.29, 0.717) is 33.1 Å². The third kappa shape index (κ3) is 4.36. The number of nitrogens with zero attached hydrogens (tertiary/aromatic N) is 1. The lowest BCUT2D eigenvalue weighted by Gasteiger charge is -2.11. The molecule has 2 aromatic rings. The molecule has 1 saturated heterocycles. The predicted molar refractivity (Wildman–Crippen MR) is 112 cm³/mol. The van der Waals surface area contributed by atoms with E-state index in [9.17, 15) is 4.79 Å². The van der Waals surface area contributed by atoms with E-state index in [4.69, 9.17) is 28.6 Å². The van der Waals surface area contributed by atoms with E-state index >= 15 is 0 Å². The fourth-order valence-electron chi connectivity index (χ4n) is 2.40. The summed E-state index contributed by atoms with van der Waals surface area (Å²) < 4.78 is 6.48. The van der Waals surface area contributed by atoms with Crippen LogP contribution in [0.3, 0.4) is 0 Å².